The van der Waals surface area contributed by atoms with E-state index >= 15 is 0 Å². The van der Waals surface area contributed by atoms with Crippen molar-refractivity contribution in [3.63, 3.8) is 0 Å². The molecule has 1 saturated heterocycles. The Morgan fingerprint density at radius 2 is 1.81 bits per heavy atom. The normalized spacial score (nSPS) is 21.5. The van der Waals surface area contributed by atoms with Gasteiger partial charge in [-0.25, -0.2) is 9.78 Å². The lowest BCUT2D eigenvalue weighted by atomic mass is 9.85. The van der Waals surface area contributed by atoms with E-state index in [9.17, 15) is 4.79 Å². The first-order valence-corrected chi connectivity index (χ1v) is 12.9. The first kappa shape index (κ1) is 24.4. The molecule has 1 amide bonds. The Bertz CT molecular complexity index is 1170. The number of carbonyl (C=O) groups excluding carboxylic acids is 1. The fourth-order valence-electron chi connectivity index (χ4n) is 5.05. The van der Waals surface area contributed by atoms with Gasteiger partial charge in [-0.2, -0.15) is 9.67 Å². The maximum atomic E-state index is 12.3. The zero-order valence-corrected chi connectivity index (χ0v) is 21.4. The molecule has 192 valence electrons. The van der Waals surface area contributed by atoms with E-state index in [0.29, 0.717) is 23.7 Å². The highest BCUT2D eigenvalue weighted by molar-refractivity contribution is 5.75. The SMILES string of the molecule is CC(C)(C)OC(=O)N1CCN(C[C@H]2CC[C@H](Nc3nccc(-n4nnc5ccccc54)n3)CC2)CC1. The first-order valence-electron chi connectivity index (χ1n) is 12.9. The molecule has 3 aromatic rings. The van der Waals surface area contributed by atoms with Crippen molar-refractivity contribution in [2.45, 2.75) is 58.1 Å². The number of para-hydroxylation sites is 1. The van der Waals surface area contributed by atoms with Gasteiger partial charge in [0, 0.05) is 51.0 Å². The molecule has 0 radical (unpaired) electrons. The highest BCUT2D eigenvalue weighted by Gasteiger charge is 2.28. The Labute approximate surface area is 212 Å². The van der Waals surface area contributed by atoms with Gasteiger partial charge in [0.15, 0.2) is 5.82 Å². The van der Waals surface area contributed by atoms with E-state index in [1.165, 1.54) is 12.8 Å². The van der Waals surface area contributed by atoms with Crippen molar-refractivity contribution < 1.29 is 9.53 Å². The number of aromatic nitrogens is 5. The molecule has 0 bridgehead atoms. The maximum absolute atomic E-state index is 12.3. The van der Waals surface area contributed by atoms with E-state index in [1.54, 1.807) is 10.9 Å². The van der Waals surface area contributed by atoms with Crippen molar-refractivity contribution in [3.05, 3.63) is 36.5 Å². The molecule has 36 heavy (non-hydrogen) atoms. The van der Waals surface area contributed by atoms with Crippen molar-refractivity contribution in [3.8, 4) is 5.82 Å². The van der Waals surface area contributed by atoms with Gasteiger partial charge >= 0.3 is 6.09 Å². The van der Waals surface area contributed by atoms with Gasteiger partial charge in [-0.05, 0) is 64.5 Å². The molecular weight excluding hydrogens is 456 g/mol. The Kier molecular flexibility index (Phi) is 7.04. The van der Waals surface area contributed by atoms with Crippen LogP contribution in [0.5, 0.6) is 0 Å². The van der Waals surface area contributed by atoms with Crippen LogP contribution in [-0.4, -0.2) is 85.2 Å². The lowest BCUT2D eigenvalue weighted by Crippen LogP contribution is -2.51. The van der Waals surface area contributed by atoms with Gasteiger partial charge in [-0.1, -0.05) is 17.3 Å². The average Bonchev–Trinajstić information content (AvgIpc) is 3.29. The number of hydrogen-bond acceptors (Lipinski definition) is 8. The molecule has 1 aromatic carbocycles. The molecule has 10 nitrogen and oxygen atoms in total. The highest BCUT2D eigenvalue weighted by atomic mass is 16.6. The van der Waals surface area contributed by atoms with Gasteiger partial charge in [0.2, 0.25) is 5.95 Å². The zero-order chi connectivity index (χ0) is 25.1. The number of amides is 1. The summed E-state index contributed by atoms with van der Waals surface area (Å²) in [5.41, 5.74) is 1.32. The third-order valence-electron chi connectivity index (χ3n) is 6.93. The minimum atomic E-state index is -0.446. The fraction of sp³-hybridized carbons (Fsp3) is 0.577. The Morgan fingerprint density at radius 1 is 1.06 bits per heavy atom. The number of ether oxygens (including phenoxy) is 1. The summed E-state index contributed by atoms with van der Waals surface area (Å²) in [5.74, 6) is 2.03. The monoisotopic (exact) mass is 492 g/mol. The third-order valence-corrected chi connectivity index (χ3v) is 6.93. The van der Waals surface area contributed by atoms with Crippen LogP contribution in [0.1, 0.15) is 46.5 Å². The summed E-state index contributed by atoms with van der Waals surface area (Å²) in [7, 11) is 0. The van der Waals surface area contributed by atoms with Crippen molar-refractivity contribution in [1.82, 2.24) is 34.8 Å². The maximum Gasteiger partial charge on any atom is 0.410 e. The standard InChI is InChI=1S/C26H36N8O2/c1-26(2,3)36-25(35)33-16-14-32(15-17-33)18-19-8-10-20(11-9-19)28-24-27-13-12-23(29-24)34-22-7-5-4-6-21(22)30-31-34/h4-7,12-13,19-20H,8-11,14-18H2,1-3H3,(H,27,28,29)/t19-,20-. The number of piperazine rings is 1. The Morgan fingerprint density at radius 3 is 2.56 bits per heavy atom. The predicted molar refractivity (Wildman–Crippen MR) is 138 cm³/mol. The first-order chi connectivity index (χ1) is 17.3. The molecule has 5 rings (SSSR count). The van der Waals surface area contributed by atoms with Gasteiger partial charge in [-0.15, -0.1) is 5.10 Å². The van der Waals surface area contributed by atoms with Crippen LogP contribution >= 0.6 is 0 Å². The van der Waals surface area contributed by atoms with Crippen molar-refractivity contribution in [1.29, 1.82) is 0 Å². The number of anilines is 1. The fourth-order valence-corrected chi connectivity index (χ4v) is 5.05. The van der Waals surface area contributed by atoms with Gasteiger partial charge < -0.3 is 15.0 Å². The molecule has 3 heterocycles. The van der Waals surface area contributed by atoms with Crippen LogP contribution in [0.2, 0.25) is 0 Å². The van der Waals surface area contributed by atoms with Crippen molar-refractivity contribution >= 4 is 23.1 Å². The lowest BCUT2D eigenvalue weighted by molar-refractivity contribution is 0.0128. The molecular formula is C26H36N8O2. The minimum absolute atomic E-state index is 0.197. The minimum Gasteiger partial charge on any atom is -0.444 e. The second-order valence-electron chi connectivity index (χ2n) is 10.9. The third kappa shape index (κ3) is 5.92. The van der Waals surface area contributed by atoms with Crippen LogP contribution in [0, 0.1) is 5.92 Å². The van der Waals surface area contributed by atoms with Gasteiger partial charge in [-0.3, -0.25) is 4.90 Å². The molecule has 1 N–H and O–H groups in total. The summed E-state index contributed by atoms with van der Waals surface area (Å²) in [4.78, 5) is 25.8. The van der Waals surface area contributed by atoms with Crippen LogP contribution in [-0.2, 0) is 4.74 Å². The average molecular weight is 493 g/mol. The quantitative estimate of drug-likeness (QED) is 0.575. The van der Waals surface area contributed by atoms with Crippen LogP contribution in [0.25, 0.3) is 16.9 Å². The molecule has 1 aliphatic carbocycles. The van der Waals surface area contributed by atoms with Crippen LogP contribution in [0.4, 0.5) is 10.7 Å². The topological polar surface area (TPSA) is 101 Å². The van der Waals surface area contributed by atoms with Crippen LogP contribution < -0.4 is 5.32 Å². The molecule has 1 saturated carbocycles. The number of nitrogens with zero attached hydrogens (tertiary/aromatic N) is 7. The van der Waals surface area contributed by atoms with E-state index < -0.39 is 5.60 Å². The van der Waals surface area contributed by atoms with Crippen molar-refractivity contribution in [2.24, 2.45) is 5.92 Å². The summed E-state index contributed by atoms with van der Waals surface area (Å²) in [6.45, 7) is 10.1. The number of benzene rings is 1. The van der Waals surface area contributed by atoms with Gasteiger partial charge in [0.1, 0.15) is 11.1 Å². The second-order valence-corrected chi connectivity index (χ2v) is 10.9. The van der Waals surface area contributed by atoms with Gasteiger partial charge in [0.25, 0.3) is 0 Å². The molecule has 0 atom stereocenters. The number of carbonyl (C=O) groups is 1. The molecule has 0 unspecified atom stereocenters. The van der Waals surface area contributed by atoms with E-state index in [0.717, 1.165) is 56.6 Å². The molecule has 10 heteroatoms. The van der Waals surface area contributed by atoms with E-state index in [2.05, 4.69) is 25.5 Å². The smallest absolute Gasteiger partial charge is 0.410 e. The zero-order valence-electron chi connectivity index (χ0n) is 21.4. The van der Waals surface area contributed by atoms with Gasteiger partial charge in [0.05, 0.1) is 5.52 Å². The van der Waals surface area contributed by atoms with E-state index in [1.807, 2.05) is 56.0 Å². The second kappa shape index (κ2) is 10.4. The highest BCUT2D eigenvalue weighted by Crippen LogP contribution is 2.27. The molecule has 2 fully saturated rings. The van der Waals surface area contributed by atoms with E-state index in [-0.39, 0.29) is 6.09 Å². The predicted octanol–water partition coefficient (Wildman–Crippen LogP) is 3.73. The summed E-state index contributed by atoms with van der Waals surface area (Å²) in [6, 6.07) is 10.1. The number of nitrogens with one attached hydrogen (secondary N) is 1. The molecule has 0 spiro atoms. The molecule has 2 aromatic heterocycles. The summed E-state index contributed by atoms with van der Waals surface area (Å²) in [5, 5.41) is 12.0. The summed E-state index contributed by atoms with van der Waals surface area (Å²) < 4.78 is 7.27. The lowest BCUT2D eigenvalue weighted by Gasteiger charge is -2.38. The summed E-state index contributed by atoms with van der Waals surface area (Å²) in [6.07, 6.45) is 6.13. The van der Waals surface area contributed by atoms with Crippen LogP contribution in [0.15, 0.2) is 36.5 Å². The number of rotatable bonds is 5. The number of hydrogen-bond donors (Lipinski definition) is 1. The number of fused-ring (bicyclic) bond motifs is 1. The largest absolute Gasteiger partial charge is 0.444 e. The van der Waals surface area contributed by atoms with Crippen molar-refractivity contribution in [2.75, 3.05) is 38.0 Å². The van der Waals surface area contributed by atoms with E-state index in [4.69, 9.17) is 9.72 Å². The Balaban J connectivity index is 1.08. The molecule has 1 aliphatic heterocycles. The summed E-state index contributed by atoms with van der Waals surface area (Å²) >= 11 is 0. The van der Waals surface area contributed by atoms with Crippen LogP contribution in [0.3, 0.4) is 0 Å². The Hall–Kier alpha value is -3.27. The molecule has 2 aliphatic rings.